The number of nitrogens with one attached hydrogen (secondary N) is 1. The van der Waals surface area contributed by atoms with Gasteiger partial charge in [-0.2, -0.15) is 9.97 Å². The smallest absolute Gasteiger partial charge is 0.320 e. The highest BCUT2D eigenvalue weighted by Crippen LogP contribution is 2.33. The molecule has 0 saturated carbocycles. The molecule has 4 rings (SSSR count). The highest BCUT2D eigenvalue weighted by molar-refractivity contribution is 5.86. The van der Waals surface area contributed by atoms with Crippen LogP contribution in [0.1, 0.15) is 19.0 Å². The zero-order valence-corrected chi connectivity index (χ0v) is 15.6. The molecule has 138 valence electrons. The summed E-state index contributed by atoms with van der Waals surface area (Å²) in [5, 5.41) is 1.85. The van der Waals surface area contributed by atoms with Crippen LogP contribution in [0.3, 0.4) is 0 Å². The summed E-state index contributed by atoms with van der Waals surface area (Å²) in [6.07, 6.45) is 0.879. The molecule has 6 nitrogen and oxygen atoms in total. The first-order chi connectivity index (χ1) is 13.2. The summed E-state index contributed by atoms with van der Waals surface area (Å²) >= 11 is 0. The Morgan fingerprint density at radius 2 is 1.85 bits per heavy atom. The van der Waals surface area contributed by atoms with Crippen LogP contribution in [0.2, 0.25) is 0 Å². The van der Waals surface area contributed by atoms with Crippen molar-refractivity contribution in [2.75, 3.05) is 13.7 Å². The molecular weight excluding hydrogens is 342 g/mol. The number of hydrogen-bond donors (Lipinski definition) is 1. The number of nitrogens with zero attached hydrogens (tertiary/aromatic N) is 2. The second-order valence-corrected chi connectivity index (χ2v) is 6.35. The number of aromatic amines is 1. The lowest BCUT2D eigenvalue weighted by atomic mass is 10.2. The Morgan fingerprint density at radius 1 is 1.00 bits per heavy atom. The van der Waals surface area contributed by atoms with Gasteiger partial charge in [0, 0.05) is 16.6 Å². The number of aryl methyl sites for hydroxylation is 1. The average Bonchev–Trinajstić information content (AvgIpc) is 3.05. The summed E-state index contributed by atoms with van der Waals surface area (Å²) in [6.45, 7) is 4.62. The molecule has 0 aliphatic rings. The Morgan fingerprint density at radius 3 is 2.67 bits per heavy atom. The summed E-state index contributed by atoms with van der Waals surface area (Å²) in [6, 6.07) is 13.9. The maximum absolute atomic E-state index is 6.13. The lowest BCUT2D eigenvalue weighted by molar-refractivity contribution is 0.289. The maximum Gasteiger partial charge on any atom is 0.320 e. The summed E-state index contributed by atoms with van der Waals surface area (Å²) in [5.41, 5.74) is 2.92. The van der Waals surface area contributed by atoms with Crippen LogP contribution in [0, 0.1) is 6.92 Å². The van der Waals surface area contributed by atoms with Gasteiger partial charge < -0.3 is 19.2 Å². The lowest BCUT2D eigenvalue weighted by Crippen LogP contribution is -2.02. The molecule has 0 unspecified atom stereocenters. The van der Waals surface area contributed by atoms with Gasteiger partial charge in [-0.25, -0.2) is 0 Å². The van der Waals surface area contributed by atoms with Crippen molar-refractivity contribution in [3.8, 4) is 23.4 Å². The molecule has 0 fully saturated rings. The van der Waals surface area contributed by atoms with Crippen molar-refractivity contribution in [1.29, 1.82) is 0 Å². The summed E-state index contributed by atoms with van der Waals surface area (Å²) in [5.74, 6) is 1.86. The quantitative estimate of drug-likeness (QED) is 0.521. The van der Waals surface area contributed by atoms with Crippen LogP contribution < -0.4 is 14.2 Å². The number of ether oxygens (including phenoxy) is 3. The van der Waals surface area contributed by atoms with Crippen LogP contribution in [-0.4, -0.2) is 28.7 Å². The zero-order chi connectivity index (χ0) is 18.8. The molecule has 2 heterocycles. The summed E-state index contributed by atoms with van der Waals surface area (Å²) in [7, 11) is 1.63. The van der Waals surface area contributed by atoms with E-state index < -0.39 is 0 Å². The van der Waals surface area contributed by atoms with Gasteiger partial charge in [0.15, 0.2) is 0 Å². The van der Waals surface area contributed by atoms with E-state index in [-0.39, 0.29) is 0 Å². The van der Waals surface area contributed by atoms with Gasteiger partial charge in [-0.05, 0) is 55.8 Å². The molecule has 1 N–H and O–H groups in total. The molecule has 6 heteroatoms. The maximum atomic E-state index is 6.13. The van der Waals surface area contributed by atoms with E-state index in [0.29, 0.717) is 24.2 Å². The van der Waals surface area contributed by atoms with Crippen LogP contribution in [0.5, 0.6) is 23.4 Å². The van der Waals surface area contributed by atoms with Gasteiger partial charge in [0.1, 0.15) is 11.5 Å². The minimum atomic E-state index is 0.308. The standard InChI is InChI=1S/C21H21N3O3/c1-4-9-26-21-23-19-8-5-15(25-3)12-17(19)20(24-21)27-16-6-7-18-14(11-16)10-13(2)22-18/h5-8,10-12,22H,4,9H2,1-3H3. The van der Waals surface area contributed by atoms with E-state index in [1.54, 1.807) is 7.11 Å². The minimum Gasteiger partial charge on any atom is -0.497 e. The Labute approximate surface area is 157 Å². The number of methoxy groups -OCH3 is 1. The lowest BCUT2D eigenvalue weighted by Gasteiger charge is -2.11. The summed E-state index contributed by atoms with van der Waals surface area (Å²) < 4.78 is 17.1. The minimum absolute atomic E-state index is 0.308. The third-order valence-electron chi connectivity index (χ3n) is 4.22. The first-order valence-corrected chi connectivity index (χ1v) is 8.92. The average molecular weight is 363 g/mol. The van der Waals surface area contributed by atoms with Gasteiger partial charge in [0.25, 0.3) is 0 Å². The third kappa shape index (κ3) is 3.51. The first kappa shape index (κ1) is 17.1. The normalized spacial score (nSPS) is 11.1. The number of hydrogen-bond acceptors (Lipinski definition) is 5. The predicted molar refractivity (Wildman–Crippen MR) is 105 cm³/mol. The predicted octanol–water partition coefficient (Wildman–Crippen LogP) is 5.01. The molecule has 27 heavy (non-hydrogen) atoms. The third-order valence-corrected chi connectivity index (χ3v) is 4.22. The highest BCUT2D eigenvalue weighted by atomic mass is 16.5. The van der Waals surface area contributed by atoms with Crippen LogP contribution in [-0.2, 0) is 0 Å². The fourth-order valence-electron chi connectivity index (χ4n) is 2.95. The van der Waals surface area contributed by atoms with Crippen molar-refractivity contribution < 1.29 is 14.2 Å². The number of rotatable bonds is 6. The Hall–Kier alpha value is -3.28. The highest BCUT2D eigenvalue weighted by Gasteiger charge is 2.13. The van der Waals surface area contributed by atoms with Crippen LogP contribution in [0.25, 0.3) is 21.8 Å². The van der Waals surface area contributed by atoms with Crippen molar-refractivity contribution in [2.24, 2.45) is 0 Å². The van der Waals surface area contributed by atoms with E-state index in [2.05, 4.69) is 21.0 Å². The number of aromatic nitrogens is 3. The van der Waals surface area contributed by atoms with Crippen molar-refractivity contribution in [1.82, 2.24) is 15.0 Å². The SMILES string of the molecule is CCCOc1nc(Oc2ccc3[nH]c(C)cc3c2)c2cc(OC)ccc2n1. The van der Waals surface area contributed by atoms with Gasteiger partial charge in [-0.1, -0.05) is 6.92 Å². The van der Waals surface area contributed by atoms with Gasteiger partial charge in [0.2, 0.25) is 5.88 Å². The van der Waals surface area contributed by atoms with Crippen molar-refractivity contribution in [3.05, 3.63) is 48.2 Å². The van der Waals surface area contributed by atoms with Gasteiger partial charge >= 0.3 is 6.01 Å². The number of H-pyrrole nitrogens is 1. The molecule has 0 bridgehead atoms. The monoisotopic (exact) mass is 363 g/mol. The fourth-order valence-corrected chi connectivity index (χ4v) is 2.95. The van der Waals surface area contributed by atoms with E-state index in [9.17, 15) is 0 Å². The molecule has 4 aromatic rings. The molecule has 0 aliphatic carbocycles. The molecule has 0 amide bonds. The molecular formula is C21H21N3O3. The van der Waals surface area contributed by atoms with E-state index in [0.717, 1.165) is 39.7 Å². The van der Waals surface area contributed by atoms with Crippen LogP contribution >= 0.6 is 0 Å². The largest absolute Gasteiger partial charge is 0.497 e. The zero-order valence-electron chi connectivity index (χ0n) is 15.6. The van der Waals surface area contributed by atoms with Crippen molar-refractivity contribution >= 4 is 21.8 Å². The Balaban J connectivity index is 1.78. The molecule has 0 spiro atoms. The van der Waals surface area contributed by atoms with E-state index >= 15 is 0 Å². The molecule has 0 radical (unpaired) electrons. The van der Waals surface area contributed by atoms with E-state index in [4.69, 9.17) is 14.2 Å². The van der Waals surface area contributed by atoms with Crippen molar-refractivity contribution in [2.45, 2.75) is 20.3 Å². The van der Waals surface area contributed by atoms with Crippen molar-refractivity contribution in [3.63, 3.8) is 0 Å². The number of benzene rings is 2. The molecule has 2 aromatic heterocycles. The van der Waals surface area contributed by atoms with E-state index in [1.165, 1.54) is 0 Å². The molecule has 0 atom stereocenters. The number of fused-ring (bicyclic) bond motifs is 2. The van der Waals surface area contributed by atoms with Gasteiger partial charge in [-0.15, -0.1) is 0 Å². The van der Waals surface area contributed by atoms with Crippen LogP contribution in [0.4, 0.5) is 0 Å². The molecule has 0 saturated heterocycles. The summed E-state index contributed by atoms with van der Waals surface area (Å²) in [4.78, 5) is 12.3. The molecule has 2 aromatic carbocycles. The molecule has 0 aliphatic heterocycles. The van der Waals surface area contributed by atoms with Crippen LogP contribution in [0.15, 0.2) is 42.5 Å². The van der Waals surface area contributed by atoms with Gasteiger partial charge in [-0.3, -0.25) is 0 Å². The second-order valence-electron chi connectivity index (χ2n) is 6.35. The topological polar surface area (TPSA) is 69.3 Å². The second kappa shape index (κ2) is 7.15. The van der Waals surface area contributed by atoms with Gasteiger partial charge in [0.05, 0.1) is 24.6 Å². The Kier molecular flexibility index (Phi) is 4.54. The Bertz CT molecular complexity index is 1100. The fraction of sp³-hybridized carbons (Fsp3) is 0.238. The first-order valence-electron chi connectivity index (χ1n) is 8.92. The van der Waals surface area contributed by atoms with E-state index in [1.807, 2.05) is 50.2 Å².